The van der Waals surface area contributed by atoms with E-state index in [1.807, 2.05) is 6.92 Å². The van der Waals surface area contributed by atoms with Gasteiger partial charge in [-0.2, -0.15) is 13.2 Å². The van der Waals surface area contributed by atoms with E-state index in [4.69, 9.17) is 11.6 Å². The van der Waals surface area contributed by atoms with E-state index in [9.17, 15) is 21.6 Å². The summed E-state index contributed by atoms with van der Waals surface area (Å²) in [7, 11) is -4.36. The SMILES string of the molecule is CC1(CNS(=O)(=O)c2c(Cl)cccc2C(F)(F)F)CCNCC1. The van der Waals surface area contributed by atoms with Crippen LogP contribution in [0.15, 0.2) is 23.1 Å². The van der Waals surface area contributed by atoms with E-state index >= 15 is 0 Å². The number of rotatable bonds is 4. The zero-order chi connectivity index (χ0) is 17.3. The highest BCUT2D eigenvalue weighted by molar-refractivity contribution is 7.89. The third-order valence-corrected chi connectivity index (χ3v) is 5.97. The van der Waals surface area contributed by atoms with Crippen LogP contribution >= 0.6 is 11.6 Å². The van der Waals surface area contributed by atoms with Crippen LogP contribution in [0.5, 0.6) is 0 Å². The summed E-state index contributed by atoms with van der Waals surface area (Å²) in [6, 6.07) is 2.93. The molecule has 0 radical (unpaired) electrons. The lowest BCUT2D eigenvalue weighted by molar-refractivity contribution is -0.139. The van der Waals surface area contributed by atoms with E-state index in [0.29, 0.717) is 6.07 Å². The van der Waals surface area contributed by atoms with Gasteiger partial charge in [0.25, 0.3) is 0 Å². The van der Waals surface area contributed by atoms with Gasteiger partial charge in [-0.3, -0.25) is 0 Å². The van der Waals surface area contributed by atoms with Crippen molar-refractivity contribution in [2.75, 3.05) is 19.6 Å². The first-order valence-electron chi connectivity index (χ1n) is 7.11. The molecule has 1 saturated heterocycles. The summed E-state index contributed by atoms with van der Waals surface area (Å²) in [5.41, 5.74) is -1.55. The van der Waals surface area contributed by atoms with Gasteiger partial charge in [-0.05, 0) is 43.5 Å². The fraction of sp³-hybridized carbons (Fsp3) is 0.571. The Morgan fingerprint density at radius 3 is 2.48 bits per heavy atom. The molecule has 2 N–H and O–H groups in total. The van der Waals surface area contributed by atoms with Gasteiger partial charge >= 0.3 is 6.18 Å². The van der Waals surface area contributed by atoms with Crippen LogP contribution in [0.3, 0.4) is 0 Å². The molecule has 0 unspecified atom stereocenters. The fourth-order valence-electron chi connectivity index (χ4n) is 2.55. The molecular weight excluding hydrogens is 353 g/mol. The Kier molecular flexibility index (Phi) is 5.30. The van der Waals surface area contributed by atoms with Gasteiger partial charge in [0.15, 0.2) is 0 Å². The lowest BCUT2D eigenvalue weighted by Crippen LogP contribution is -2.43. The number of halogens is 4. The summed E-state index contributed by atoms with van der Waals surface area (Å²) in [4.78, 5) is -0.910. The molecule has 9 heteroatoms. The second-order valence-electron chi connectivity index (χ2n) is 6.00. The van der Waals surface area contributed by atoms with Crippen LogP contribution < -0.4 is 10.0 Å². The lowest BCUT2D eigenvalue weighted by Gasteiger charge is -2.34. The number of alkyl halides is 3. The average molecular weight is 371 g/mol. The van der Waals surface area contributed by atoms with Gasteiger partial charge in [0, 0.05) is 6.54 Å². The molecule has 0 saturated carbocycles. The van der Waals surface area contributed by atoms with Gasteiger partial charge in [-0.1, -0.05) is 24.6 Å². The van der Waals surface area contributed by atoms with Crippen molar-refractivity contribution < 1.29 is 21.6 Å². The highest BCUT2D eigenvalue weighted by atomic mass is 35.5. The molecule has 130 valence electrons. The summed E-state index contributed by atoms with van der Waals surface area (Å²) < 4.78 is 66.3. The van der Waals surface area contributed by atoms with E-state index < -0.39 is 31.7 Å². The van der Waals surface area contributed by atoms with E-state index in [2.05, 4.69) is 10.0 Å². The lowest BCUT2D eigenvalue weighted by atomic mass is 9.81. The number of hydrogen-bond donors (Lipinski definition) is 2. The molecule has 0 bridgehead atoms. The largest absolute Gasteiger partial charge is 0.417 e. The molecule has 1 aromatic carbocycles. The van der Waals surface area contributed by atoms with Crippen molar-refractivity contribution in [1.82, 2.24) is 10.0 Å². The minimum atomic E-state index is -4.80. The Morgan fingerprint density at radius 2 is 1.91 bits per heavy atom. The zero-order valence-corrected chi connectivity index (χ0v) is 14.1. The standard InChI is InChI=1S/C14H18ClF3N2O2S/c1-13(5-7-19-8-6-13)9-20-23(21,22)12-10(14(16,17)18)3-2-4-11(12)15/h2-4,19-20H,5-9H2,1H3. The molecule has 1 fully saturated rings. The van der Waals surface area contributed by atoms with Crippen LogP contribution in [-0.2, 0) is 16.2 Å². The van der Waals surface area contributed by atoms with Crippen molar-refractivity contribution >= 4 is 21.6 Å². The molecule has 1 heterocycles. The molecule has 0 amide bonds. The van der Waals surface area contributed by atoms with Gasteiger partial charge in [0.05, 0.1) is 10.6 Å². The number of benzene rings is 1. The first-order chi connectivity index (χ1) is 10.6. The number of piperidine rings is 1. The molecule has 4 nitrogen and oxygen atoms in total. The van der Waals surface area contributed by atoms with E-state index in [1.54, 1.807) is 0 Å². The van der Waals surface area contributed by atoms with Crippen molar-refractivity contribution in [3.8, 4) is 0 Å². The van der Waals surface area contributed by atoms with E-state index in [0.717, 1.165) is 38.1 Å². The predicted molar refractivity (Wildman–Crippen MR) is 81.9 cm³/mol. The maximum absolute atomic E-state index is 13.1. The monoisotopic (exact) mass is 370 g/mol. The normalized spacial score (nSPS) is 18.8. The van der Waals surface area contributed by atoms with Crippen LogP contribution in [0.1, 0.15) is 25.3 Å². The first kappa shape index (κ1) is 18.5. The zero-order valence-electron chi connectivity index (χ0n) is 12.5. The summed E-state index contributed by atoms with van der Waals surface area (Å²) in [6.07, 6.45) is -3.32. The summed E-state index contributed by atoms with van der Waals surface area (Å²) in [5, 5.41) is 2.72. The average Bonchev–Trinajstić information content (AvgIpc) is 2.45. The highest BCUT2D eigenvalue weighted by Crippen LogP contribution is 2.37. The van der Waals surface area contributed by atoms with E-state index in [1.165, 1.54) is 0 Å². The molecule has 0 spiro atoms. The van der Waals surface area contributed by atoms with E-state index in [-0.39, 0.29) is 12.0 Å². The summed E-state index contributed by atoms with van der Waals surface area (Å²) >= 11 is 5.75. The van der Waals surface area contributed by atoms with Gasteiger partial charge in [-0.15, -0.1) is 0 Å². The van der Waals surface area contributed by atoms with Gasteiger partial charge in [-0.25, -0.2) is 13.1 Å². The van der Waals surface area contributed by atoms with Crippen LogP contribution in [0.2, 0.25) is 5.02 Å². The third kappa shape index (κ3) is 4.37. The smallest absolute Gasteiger partial charge is 0.317 e. The first-order valence-corrected chi connectivity index (χ1v) is 8.97. The van der Waals surface area contributed by atoms with Gasteiger partial charge < -0.3 is 5.32 Å². The predicted octanol–water partition coefficient (Wildman–Crippen LogP) is 3.03. The molecule has 2 rings (SSSR count). The molecular formula is C14H18ClF3N2O2S. The maximum atomic E-state index is 13.1. The summed E-state index contributed by atoms with van der Waals surface area (Å²) in [6.45, 7) is 3.48. The molecule has 23 heavy (non-hydrogen) atoms. The quantitative estimate of drug-likeness (QED) is 0.856. The van der Waals surface area contributed by atoms with Crippen molar-refractivity contribution in [3.63, 3.8) is 0 Å². The van der Waals surface area contributed by atoms with Crippen LogP contribution in [0, 0.1) is 5.41 Å². The van der Waals surface area contributed by atoms with Gasteiger partial charge in [0.2, 0.25) is 10.0 Å². The molecule has 1 aliphatic rings. The highest BCUT2D eigenvalue weighted by Gasteiger charge is 2.39. The topological polar surface area (TPSA) is 58.2 Å². The van der Waals surface area contributed by atoms with Crippen molar-refractivity contribution in [2.45, 2.75) is 30.8 Å². The fourth-order valence-corrected chi connectivity index (χ4v) is 4.51. The van der Waals surface area contributed by atoms with Crippen molar-refractivity contribution in [1.29, 1.82) is 0 Å². The Balaban J connectivity index is 2.30. The van der Waals surface area contributed by atoms with Crippen molar-refractivity contribution in [3.05, 3.63) is 28.8 Å². The number of hydrogen-bond acceptors (Lipinski definition) is 3. The number of nitrogens with one attached hydrogen (secondary N) is 2. The number of sulfonamides is 1. The molecule has 1 aromatic rings. The molecule has 0 atom stereocenters. The van der Waals surface area contributed by atoms with Crippen LogP contribution in [0.4, 0.5) is 13.2 Å². The minimum Gasteiger partial charge on any atom is -0.317 e. The third-order valence-electron chi connectivity index (χ3n) is 4.04. The second kappa shape index (κ2) is 6.58. The Labute approximate surface area is 138 Å². The Morgan fingerprint density at radius 1 is 1.30 bits per heavy atom. The maximum Gasteiger partial charge on any atom is 0.417 e. The summed E-state index contributed by atoms with van der Waals surface area (Å²) in [5.74, 6) is 0. The Bertz CT molecular complexity index is 671. The van der Waals surface area contributed by atoms with Crippen molar-refractivity contribution in [2.24, 2.45) is 5.41 Å². The minimum absolute atomic E-state index is 0.0690. The molecule has 0 aliphatic carbocycles. The Hall–Kier alpha value is -0.830. The second-order valence-corrected chi connectivity index (χ2v) is 8.11. The molecule has 1 aliphatic heterocycles. The van der Waals surface area contributed by atoms with Crippen LogP contribution in [0.25, 0.3) is 0 Å². The van der Waals surface area contributed by atoms with Crippen LogP contribution in [-0.4, -0.2) is 28.1 Å². The van der Waals surface area contributed by atoms with Gasteiger partial charge in [0.1, 0.15) is 4.90 Å². The molecule has 0 aromatic heterocycles.